The molecule has 0 bridgehead atoms. The van der Waals surface area contributed by atoms with Crippen molar-refractivity contribution in [2.75, 3.05) is 21.1 Å². The van der Waals surface area contributed by atoms with E-state index in [-0.39, 0.29) is 0 Å². The van der Waals surface area contributed by atoms with Gasteiger partial charge >= 0.3 is 8.03 Å². The second-order valence-corrected chi connectivity index (χ2v) is 12.4. The first-order valence-corrected chi connectivity index (χ1v) is 15.6. The minimum absolute atomic E-state index is 0.491. The molecule has 0 aromatic rings. The Balaban J connectivity index is 3.51. The molecule has 0 amide bonds. The SMILES string of the molecule is CCCCCCCCCCCCCCCCCC/C=C\CCCC(CC)([P+](=O)[O-])[N+](C)(C)C. The summed E-state index contributed by atoms with van der Waals surface area (Å²) in [6.45, 7) is 4.29. The van der Waals surface area contributed by atoms with E-state index >= 15 is 0 Å². The summed E-state index contributed by atoms with van der Waals surface area (Å²) in [5.74, 6) is 0. The van der Waals surface area contributed by atoms with E-state index in [1.165, 1.54) is 109 Å². The van der Waals surface area contributed by atoms with Gasteiger partial charge in [0, 0.05) is 12.8 Å². The topological polar surface area (TPSA) is 40.1 Å². The van der Waals surface area contributed by atoms with E-state index in [1.807, 2.05) is 28.1 Å². The molecule has 33 heavy (non-hydrogen) atoms. The molecule has 0 fully saturated rings. The molecule has 0 spiro atoms. The number of rotatable bonds is 24. The van der Waals surface area contributed by atoms with Crippen LogP contribution in [0.25, 0.3) is 0 Å². The van der Waals surface area contributed by atoms with E-state index in [2.05, 4.69) is 19.1 Å². The number of allylic oxidation sites excluding steroid dienone is 2. The lowest BCUT2D eigenvalue weighted by Crippen LogP contribution is -2.55. The first-order valence-electron chi connectivity index (χ1n) is 14.4. The van der Waals surface area contributed by atoms with Gasteiger partial charge in [0.05, 0.1) is 21.1 Å². The molecule has 3 nitrogen and oxygen atoms in total. The molecule has 0 aromatic carbocycles. The maximum Gasteiger partial charge on any atom is 0.376 e. The monoisotopic (exact) mass is 484 g/mol. The molecule has 0 heterocycles. The van der Waals surface area contributed by atoms with Crippen LogP contribution in [-0.4, -0.2) is 30.9 Å². The highest BCUT2D eigenvalue weighted by Crippen LogP contribution is 2.44. The zero-order chi connectivity index (χ0) is 24.8. The summed E-state index contributed by atoms with van der Waals surface area (Å²) in [5, 5.41) is -0.628. The fourth-order valence-corrected chi connectivity index (χ4v) is 6.09. The van der Waals surface area contributed by atoms with Crippen molar-refractivity contribution in [1.29, 1.82) is 0 Å². The van der Waals surface area contributed by atoms with Crippen LogP contribution in [0.15, 0.2) is 12.2 Å². The number of unbranched alkanes of at least 4 members (excludes halogenated alkanes) is 17. The minimum atomic E-state index is -2.44. The van der Waals surface area contributed by atoms with E-state index in [0.717, 1.165) is 19.3 Å². The van der Waals surface area contributed by atoms with Crippen LogP contribution in [0.2, 0.25) is 0 Å². The average Bonchev–Trinajstić information content (AvgIpc) is 2.76. The fraction of sp³-hybridized carbons (Fsp3) is 0.931. The molecule has 0 saturated carbocycles. The molecule has 4 heteroatoms. The summed E-state index contributed by atoms with van der Waals surface area (Å²) in [6.07, 6.45) is 31.7. The van der Waals surface area contributed by atoms with Crippen LogP contribution in [0.1, 0.15) is 149 Å². The van der Waals surface area contributed by atoms with E-state index < -0.39 is 13.3 Å². The lowest BCUT2D eigenvalue weighted by Gasteiger charge is -2.39. The Morgan fingerprint density at radius 3 is 1.33 bits per heavy atom. The highest BCUT2D eigenvalue weighted by Gasteiger charge is 2.52. The predicted octanol–water partition coefficient (Wildman–Crippen LogP) is 9.28. The zero-order valence-corrected chi connectivity index (χ0v) is 24.1. The second kappa shape index (κ2) is 21.1. The van der Waals surface area contributed by atoms with Crippen molar-refractivity contribution >= 4 is 8.03 Å². The van der Waals surface area contributed by atoms with Crippen molar-refractivity contribution in [2.45, 2.75) is 154 Å². The lowest BCUT2D eigenvalue weighted by atomic mass is 10.0. The minimum Gasteiger partial charge on any atom is -0.590 e. The Morgan fingerprint density at radius 2 is 1.00 bits per heavy atom. The van der Waals surface area contributed by atoms with E-state index in [1.54, 1.807) is 0 Å². The molecule has 2 unspecified atom stereocenters. The average molecular weight is 485 g/mol. The molecule has 0 aliphatic heterocycles. The number of nitrogens with zero attached hydrogens (tertiary/aromatic N) is 1. The smallest absolute Gasteiger partial charge is 0.376 e. The van der Waals surface area contributed by atoms with Gasteiger partial charge in [0.25, 0.3) is 5.28 Å². The van der Waals surface area contributed by atoms with Gasteiger partial charge in [-0.15, -0.1) is 0 Å². The Bertz CT molecular complexity index is 487. The molecule has 0 saturated heterocycles. The van der Waals surface area contributed by atoms with Crippen molar-refractivity contribution in [3.63, 3.8) is 0 Å². The van der Waals surface area contributed by atoms with Crippen LogP contribution >= 0.6 is 8.03 Å². The van der Waals surface area contributed by atoms with Gasteiger partial charge in [0.2, 0.25) is 0 Å². The third-order valence-corrected chi connectivity index (χ3v) is 9.31. The Labute approximate surface area is 209 Å². The lowest BCUT2D eigenvalue weighted by molar-refractivity contribution is -0.910. The number of hydrogen-bond donors (Lipinski definition) is 0. The van der Waals surface area contributed by atoms with Crippen molar-refractivity contribution in [1.82, 2.24) is 0 Å². The maximum atomic E-state index is 11.9. The van der Waals surface area contributed by atoms with Crippen molar-refractivity contribution in [3.05, 3.63) is 12.2 Å². The quantitative estimate of drug-likeness (QED) is 0.0592. The zero-order valence-electron chi connectivity index (χ0n) is 23.2. The predicted molar refractivity (Wildman–Crippen MR) is 146 cm³/mol. The number of quaternary nitrogens is 1. The molecular formula is C29H59NO2P+. The molecule has 0 aromatic heterocycles. The van der Waals surface area contributed by atoms with E-state index in [0.29, 0.717) is 10.9 Å². The van der Waals surface area contributed by atoms with Gasteiger partial charge in [-0.1, -0.05) is 127 Å². The molecule has 0 aliphatic rings. The summed E-state index contributed by atoms with van der Waals surface area (Å²) in [4.78, 5) is 11.9. The molecular weight excluding hydrogens is 425 g/mol. The molecule has 0 N–H and O–H groups in total. The Kier molecular flexibility index (Phi) is 20.9. The molecule has 196 valence electrons. The van der Waals surface area contributed by atoms with Gasteiger partial charge in [-0.2, -0.15) is 0 Å². The van der Waals surface area contributed by atoms with Gasteiger partial charge in [-0.05, 0) is 25.7 Å². The number of hydrogen-bond acceptors (Lipinski definition) is 2. The van der Waals surface area contributed by atoms with Crippen LogP contribution in [-0.2, 0) is 4.57 Å². The fourth-order valence-electron chi connectivity index (χ4n) is 5.00. The van der Waals surface area contributed by atoms with Gasteiger partial charge in [-0.3, -0.25) is 4.48 Å². The second-order valence-electron chi connectivity index (χ2n) is 11.1. The van der Waals surface area contributed by atoms with E-state index in [9.17, 15) is 9.46 Å². The largest absolute Gasteiger partial charge is 0.590 e. The molecule has 2 atom stereocenters. The molecule has 0 aliphatic carbocycles. The van der Waals surface area contributed by atoms with Gasteiger partial charge in [-0.25, -0.2) is 0 Å². The van der Waals surface area contributed by atoms with Crippen LogP contribution in [0, 0.1) is 0 Å². The van der Waals surface area contributed by atoms with Crippen LogP contribution in [0.3, 0.4) is 0 Å². The van der Waals surface area contributed by atoms with Gasteiger partial charge < -0.3 is 4.89 Å². The standard InChI is InChI=1S/C29H59NO2P/c1-6-8-9-10-11-12-13-14-15-16-17-18-19-20-21-22-23-24-25-26-27-28-29(7-2,33(31)32)30(3,4)5/h24-25H,6-23,26-28H2,1-5H3/q+1/b25-24-. The normalized spacial score (nSPS) is 14.7. The highest BCUT2D eigenvalue weighted by molar-refractivity contribution is 7.38. The van der Waals surface area contributed by atoms with Crippen molar-refractivity contribution in [2.24, 2.45) is 0 Å². The third kappa shape index (κ3) is 16.1. The summed E-state index contributed by atoms with van der Waals surface area (Å²) in [7, 11) is 3.57. The summed E-state index contributed by atoms with van der Waals surface area (Å²) in [5.41, 5.74) is 0. The van der Waals surface area contributed by atoms with Crippen molar-refractivity contribution in [3.8, 4) is 0 Å². The summed E-state index contributed by atoms with van der Waals surface area (Å²) >= 11 is 0. The van der Waals surface area contributed by atoms with Crippen LogP contribution < -0.4 is 4.89 Å². The Morgan fingerprint density at radius 1 is 0.636 bits per heavy atom. The molecule has 0 radical (unpaired) electrons. The van der Waals surface area contributed by atoms with Gasteiger partial charge in [0.15, 0.2) is 0 Å². The van der Waals surface area contributed by atoms with Crippen LogP contribution in [0.5, 0.6) is 0 Å². The van der Waals surface area contributed by atoms with Gasteiger partial charge in [0.1, 0.15) is 0 Å². The first kappa shape index (κ1) is 32.8. The van der Waals surface area contributed by atoms with Crippen molar-refractivity contribution < 1.29 is 13.9 Å². The summed E-state index contributed by atoms with van der Waals surface area (Å²) in [6, 6.07) is 0. The summed E-state index contributed by atoms with van der Waals surface area (Å²) < 4.78 is 12.4. The Hall–Kier alpha value is -0.240. The first-order chi connectivity index (χ1) is 15.8. The van der Waals surface area contributed by atoms with E-state index in [4.69, 9.17) is 0 Å². The third-order valence-electron chi connectivity index (χ3n) is 7.49. The molecule has 0 rings (SSSR count). The highest BCUT2D eigenvalue weighted by atomic mass is 31.1. The maximum absolute atomic E-state index is 11.9. The van der Waals surface area contributed by atoms with Crippen LogP contribution in [0.4, 0.5) is 0 Å².